The summed E-state index contributed by atoms with van der Waals surface area (Å²) >= 11 is 0. The van der Waals surface area contributed by atoms with Crippen molar-refractivity contribution in [2.24, 2.45) is 5.92 Å². The summed E-state index contributed by atoms with van der Waals surface area (Å²) in [5.41, 5.74) is 3.96. The molecule has 0 unspecified atom stereocenters. The van der Waals surface area contributed by atoms with Gasteiger partial charge in [0, 0.05) is 12.2 Å². The average Bonchev–Trinajstić information content (AvgIpc) is 3.33. The van der Waals surface area contributed by atoms with E-state index in [1.54, 1.807) is 16.5 Å². The van der Waals surface area contributed by atoms with E-state index in [2.05, 4.69) is 16.4 Å². The van der Waals surface area contributed by atoms with Crippen LogP contribution in [0.4, 0.5) is 19.0 Å². The van der Waals surface area contributed by atoms with Crippen LogP contribution in [0.2, 0.25) is 0 Å². The molecule has 3 nitrogen and oxygen atoms in total. The van der Waals surface area contributed by atoms with Gasteiger partial charge in [-0.2, -0.15) is 0 Å². The van der Waals surface area contributed by atoms with E-state index in [4.69, 9.17) is 0 Å². The summed E-state index contributed by atoms with van der Waals surface area (Å²) < 4.78 is 41.1. The minimum atomic E-state index is -2.57. The molecule has 0 saturated heterocycles. The zero-order chi connectivity index (χ0) is 20.0. The maximum absolute atomic E-state index is 13.5. The second-order valence-corrected chi connectivity index (χ2v) is 8.04. The molecular weight excluding hydrogens is 375 g/mol. The molecule has 0 amide bonds. The minimum Gasteiger partial charge on any atom is -0.368 e. The van der Waals surface area contributed by atoms with E-state index in [1.807, 2.05) is 18.2 Å². The Hall–Kier alpha value is -2.76. The molecule has 3 aromatic rings. The summed E-state index contributed by atoms with van der Waals surface area (Å²) in [7, 11) is 0. The van der Waals surface area contributed by atoms with Gasteiger partial charge >= 0.3 is 0 Å². The van der Waals surface area contributed by atoms with Crippen LogP contribution in [0, 0.1) is 11.7 Å². The van der Waals surface area contributed by atoms with Crippen molar-refractivity contribution < 1.29 is 13.2 Å². The summed E-state index contributed by atoms with van der Waals surface area (Å²) in [6, 6.07) is 10.8. The standard InChI is InChI=1S/C23H22F3N3/c24-18-7-4-15-10-16(11-17(15)12-18)14-5-8-19(9-6-14)27-21-2-1-3-22-28-20(23(25)26)13-29(21)22/h1-4,7,11-14,19,23,27H,5-6,8-10H2. The van der Waals surface area contributed by atoms with Crippen LogP contribution in [0.5, 0.6) is 0 Å². The monoisotopic (exact) mass is 397 g/mol. The number of hydrogen-bond acceptors (Lipinski definition) is 2. The first kappa shape index (κ1) is 18.3. The third-order valence-corrected chi connectivity index (χ3v) is 6.18. The molecule has 0 atom stereocenters. The molecule has 2 heterocycles. The number of allylic oxidation sites excluding steroid dienone is 1. The molecule has 1 N–H and O–H groups in total. The summed E-state index contributed by atoms with van der Waals surface area (Å²) in [5.74, 6) is 1.14. The number of nitrogens with one attached hydrogen (secondary N) is 1. The molecule has 2 aliphatic rings. The van der Waals surface area contributed by atoms with Crippen molar-refractivity contribution in [2.45, 2.75) is 44.6 Å². The number of anilines is 1. The lowest BCUT2D eigenvalue weighted by molar-refractivity contribution is 0.147. The number of rotatable bonds is 4. The number of imidazole rings is 1. The topological polar surface area (TPSA) is 29.3 Å². The number of fused-ring (bicyclic) bond motifs is 2. The smallest absolute Gasteiger partial charge is 0.281 e. The van der Waals surface area contributed by atoms with E-state index in [9.17, 15) is 13.2 Å². The number of aromatic nitrogens is 2. The van der Waals surface area contributed by atoms with E-state index in [0.29, 0.717) is 17.6 Å². The zero-order valence-electron chi connectivity index (χ0n) is 15.9. The molecule has 6 heteroatoms. The summed E-state index contributed by atoms with van der Waals surface area (Å²) in [4.78, 5) is 4.00. The fourth-order valence-electron chi connectivity index (χ4n) is 4.66. The quantitative estimate of drug-likeness (QED) is 0.583. The molecule has 29 heavy (non-hydrogen) atoms. The van der Waals surface area contributed by atoms with Crippen LogP contribution >= 0.6 is 0 Å². The first-order chi connectivity index (χ1) is 14.1. The van der Waals surface area contributed by atoms with Gasteiger partial charge in [-0.1, -0.05) is 23.8 Å². The Balaban J connectivity index is 1.25. The molecule has 1 aromatic carbocycles. The zero-order valence-corrected chi connectivity index (χ0v) is 15.9. The van der Waals surface area contributed by atoms with Crippen molar-refractivity contribution in [3.8, 4) is 0 Å². The van der Waals surface area contributed by atoms with Gasteiger partial charge in [0.15, 0.2) is 0 Å². The second-order valence-electron chi connectivity index (χ2n) is 8.04. The lowest BCUT2D eigenvalue weighted by Gasteiger charge is -2.30. The number of halogens is 3. The van der Waals surface area contributed by atoms with Crippen LogP contribution in [0.25, 0.3) is 11.7 Å². The Morgan fingerprint density at radius 1 is 1.07 bits per heavy atom. The van der Waals surface area contributed by atoms with Crippen molar-refractivity contribution in [1.82, 2.24) is 9.38 Å². The Morgan fingerprint density at radius 3 is 2.69 bits per heavy atom. The average molecular weight is 397 g/mol. The molecule has 1 fully saturated rings. The molecule has 2 aromatic heterocycles. The van der Waals surface area contributed by atoms with Gasteiger partial charge in [-0.15, -0.1) is 0 Å². The highest BCUT2D eigenvalue weighted by molar-refractivity contribution is 5.64. The third-order valence-electron chi connectivity index (χ3n) is 6.18. The predicted octanol–water partition coefficient (Wildman–Crippen LogP) is 6.02. The maximum Gasteiger partial charge on any atom is 0.281 e. The fourth-order valence-corrected chi connectivity index (χ4v) is 4.66. The number of pyridine rings is 1. The molecule has 1 saturated carbocycles. The first-order valence-corrected chi connectivity index (χ1v) is 10.1. The molecule has 2 aliphatic carbocycles. The highest BCUT2D eigenvalue weighted by Crippen LogP contribution is 2.38. The van der Waals surface area contributed by atoms with Crippen LogP contribution in [0.3, 0.4) is 0 Å². The highest BCUT2D eigenvalue weighted by atomic mass is 19.3. The molecular formula is C23H22F3N3. The van der Waals surface area contributed by atoms with Gasteiger partial charge in [0.25, 0.3) is 6.43 Å². The Labute approximate surface area is 167 Å². The van der Waals surface area contributed by atoms with Crippen LogP contribution < -0.4 is 5.32 Å². The number of benzene rings is 1. The molecule has 0 radical (unpaired) electrons. The van der Waals surface area contributed by atoms with Gasteiger partial charge in [-0.25, -0.2) is 18.2 Å². The van der Waals surface area contributed by atoms with Crippen LogP contribution in [0.1, 0.15) is 48.9 Å². The van der Waals surface area contributed by atoms with Crippen LogP contribution in [-0.4, -0.2) is 15.4 Å². The van der Waals surface area contributed by atoms with Crippen LogP contribution in [-0.2, 0) is 6.42 Å². The predicted molar refractivity (Wildman–Crippen MR) is 108 cm³/mol. The Bertz CT molecular complexity index is 1080. The van der Waals surface area contributed by atoms with Crippen molar-refractivity contribution in [3.05, 3.63) is 70.8 Å². The van der Waals surface area contributed by atoms with Gasteiger partial charge in [0.1, 0.15) is 23.0 Å². The molecule has 0 aliphatic heterocycles. The van der Waals surface area contributed by atoms with Crippen LogP contribution in [0.15, 0.2) is 48.2 Å². The fraction of sp³-hybridized carbons (Fsp3) is 0.348. The maximum atomic E-state index is 13.5. The van der Waals surface area contributed by atoms with E-state index >= 15 is 0 Å². The van der Waals surface area contributed by atoms with Gasteiger partial charge in [0.2, 0.25) is 0 Å². The van der Waals surface area contributed by atoms with Crippen molar-refractivity contribution in [2.75, 3.05) is 5.32 Å². The van der Waals surface area contributed by atoms with Gasteiger partial charge in [-0.05, 0) is 73.4 Å². The summed E-state index contributed by atoms with van der Waals surface area (Å²) in [5, 5.41) is 3.52. The molecule has 0 spiro atoms. The van der Waals surface area contributed by atoms with Gasteiger partial charge in [-0.3, -0.25) is 4.40 Å². The molecule has 0 bridgehead atoms. The number of nitrogens with zero attached hydrogens (tertiary/aromatic N) is 2. The van der Waals surface area contributed by atoms with Gasteiger partial charge in [0.05, 0.1) is 0 Å². The van der Waals surface area contributed by atoms with E-state index < -0.39 is 6.43 Å². The summed E-state index contributed by atoms with van der Waals surface area (Å²) in [6.07, 6.45) is 6.09. The lowest BCUT2D eigenvalue weighted by atomic mass is 9.81. The minimum absolute atomic E-state index is 0.183. The Kier molecular flexibility index (Phi) is 4.57. The third kappa shape index (κ3) is 3.52. The largest absolute Gasteiger partial charge is 0.368 e. The normalized spacial score (nSPS) is 21.4. The highest BCUT2D eigenvalue weighted by Gasteiger charge is 2.27. The second kappa shape index (κ2) is 7.25. The first-order valence-electron chi connectivity index (χ1n) is 10.1. The van der Waals surface area contributed by atoms with E-state index in [1.165, 1.54) is 23.4 Å². The van der Waals surface area contributed by atoms with Gasteiger partial charge < -0.3 is 5.32 Å². The summed E-state index contributed by atoms with van der Waals surface area (Å²) in [6.45, 7) is 0. The van der Waals surface area contributed by atoms with Crippen molar-refractivity contribution in [1.29, 1.82) is 0 Å². The lowest BCUT2D eigenvalue weighted by Crippen LogP contribution is -2.27. The van der Waals surface area contributed by atoms with Crippen molar-refractivity contribution >= 4 is 17.5 Å². The van der Waals surface area contributed by atoms with E-state index in [-0.39, 0.29) is 11.5 Å². The molecule has 150 valence electrons. The van der Waals surface area contributed by atoms with E-state index in [0.717, 1.165) is 43.5 Å². The Morgan fingerprint density at radius 2 is 1.90 bits per heavy atom. The number of alkyl halides is 2. The SMILES string of the molecule is Fc1ccc2c(c1)C=C(C1CCC(Nc3cccc4nc(C(F)F)cn34)CC1)C2. The molecule has 5 rings (SSSR count). The number of hydrogen-bond donors (Lipinski definition) is 1. The van der Waals surface area contributed by atoms with Crippen molar-refractivity contribution in [3.63, 3.8) is 0 Å².